The molecule has 1 atom stereocenters. The molecule has 7 heteroatoms. The average Bonchev–Trinajstić information content (AvgIpc) is 2.45. The molecule has 0 aliphatic rings. The smallest absolute Gasteiger partial charge is 0.405 e. The van der Waals surface area contributed by atoms with Gasteiger partial charge in [0, 0.05) is 6.04 Å². The summed E-state index contributed by atoms with van der Waals surface area (Å²) >= 11 is 0. The van der Waals surface area contributed by atoms with Crippen LogP contribution in [0, 0.1) is 0 Å². The molecule has 4 nitrogen and oxygen atoms in total. The molecule has 0 aromatic heterocycles. The van der Waals surface area contributed by atoms with Crippen molar-refractivity contribution in [3.63, 3.8) is 0 Å². The van der Waals surface area contributed by atoms with Crippen molar-refractivity contribution >= 4 is 5.91 Å². The lowest BCUT2D eigenvalue weighted by Crippen LogP contribution is -2.36. The fourth-order valence-electron chi connectivity index (χ4n) is 1.80. The van der Waals surface area contributed by atoms with Crippen LogP contribution in [0.3, 0.4) is 0 Å². The molecule has 0 aliphatic heterocycles. The SMILES string of the molecule is CCC(NC)c1ccc(OCC(=O)NCC(F)(F)F)cc1. The maximum absolute atomic E-state index is 11.9. The largest absolute Gasteiger partial charge is 0.484 e. The van der Waals surface area contributed by atoms with Gasteiger partial charge in [-0.2, -0.15) is 13.2 Å². The normalized spacial score (nSPS) is 12.8. The Morgan fingerprint density at radius 3 is 2.38 bits per heavy atom. The van der Waals surface area contributed by atoms with Gasteiger partial charge in [-0.15, -0.1) is 0 Å². The van der Waals surface area contributed by atoms with Gasteiger partial charge in [0.15, 0.2) is 6.61 Å². The van der Waals surface area contributed by atoms with Gasteiger partial charge >= 0.3 is 6.18 Å². The summed E-state index contributed by atoms with van der Waals surface area (Å²) in [4.78, 5) is 11.2. The number of carbonyl (C=O) groups excluding carboxylic acids is 1. The first-order chi connectivity index (χ1) is 9.85. The molecule has 1 amide bonds. The molecule has 0 bridgehead atoms. The summed E-state index contributed by atoms with van der Waals surface area (Å²) in [6.07, 6.45) is -3.49. The lowest BCUT2D eigenvalue weighted by molar-refractivity contribution is -0.139. The molecular formula is C14H19F3N2O2. The van der Waals surface area contributed by atoms with Crippen molar-refractivity contribution in [3.05, 3.63) is 29.8 Å². The van der Waals surface area contributed by atoms with Crippen molar-refractivity contribution in [2.24, 2.45) is 0 Å². The summed E-state index contributed by atoms with van der Waals surface area (Å²) in [5.41, 5.74) is 1.08. The predicted octanol–water partition coefficient (Wildman–Crippen LogP) is 2.41. The van der Waals surface area contributed by atoms with Crippen molar-refractivity contribution in [2.75, 3.05) is 20.2 Å². The Balaban J connectivity index is 2.44. The molecule has 0 heterocycles. The summed E-state index contributed by atoms with van der Waals surface area (Å²) in [6.45, 7) is 0.254. The van der Waals surface area contributed by atoms with Crippen LogP contribution in [0.2, 0.25) is 0 Å². The molecule has 0 saturated carbocycles. The summed E-state index contributed by atoms with van der Waals surface area (Å²) in [5.74, 6) is -0.370. The zero-order chi connectivity index (χ0) is 15.9. The summed E-state index contributed by atoms with van der Waals surface area (Å²) in [7, 11) is 1.86. The highest BCUT2D eigenvalue weighted by molar-refractivity contribution is 5.77. The van der Waals surface area contributed by atoms with E-state index < -0.39 is 25.2 Å². The predicted molar refractivity (Wildman–Crippen MR) is 73.1 cm³/mol. The molecular weight excluding hydrogens is 285 g/mol. The molecule has 1 aromatic carbocycles. The van der Waals surface area contributed by atoms with E-state index in [-0.39, 0.29) is 6.04 Å². The summed E-state index contributed by atoms with van der Waals surface area (Å²) in [6, 6.07) is 7.31. The second kappa shape index (κ2) is 7.87. The van der Waals surface area contributed by atoms with Crippen LogP contribution in [0.25, 0.3) is 0 Å². The monoisotopic (exact) mass is 304 g/mol. The fourth-order valence-corrected chi connectivity index (χ4v) is 1.80. The molecule has 0 spiro atoms. The van der Waals surface area contributed by atoms with E-state index in [9.17, 15) is 18.0 Å². The number of hydrogen-bond acceptors (Lipinski definition) is 3. The van der Waals surface area contributed by atoms with E-state index in [1.165, 1.54) is 0 Å². The van der Waals surface area contributed by atoms with Gasteiger partial charge in [-0.05, 0) is 31.2 Å². The minimum absolute atomic E-state index is 0.231. The number of hydrogen-bond donors (Lipinski definition) is 2. The van der Waals surface area contributed by atoms with Gasteiger partial charge in [-0.25, -0.2) is 0 Å². The third-order valence-electron chi connectivity index (χ3n) is 2.90. The quantitative estimate of drug-likeness (QED) is 0.813. The first kappa shape index (κ1) is 17.3. The van der Waals surface area contributed by atoms with Crippen molar-refractivity contribution < 1.29 is 22.7 Å². The molecule has 118 valence electrons. The number of carbonyl (C=O) groups is 1. The lowest BCUT2D eigenvalue weighted by atomic mass is 10.1. The van der Waals surface area contributed by atoms with Crippen LogP contribution in [-0.4, -0.2) is 32.3 Å². The number of benzene rings is 1. The third-order valence-corrected chi connectivity index (χ3v) is 2.90. The van der Waals surface area contributed by atoms with Crippen LogP contribution < -0.4 is 15.4 Å². The molecule has 1 unspecified atom stereocenters. The summed E-state index contributed by atoms with van der Waals surface area (Å²) in [5, 5.41) is 4.90. The van der Waals surface area contributed by atoms with Gasteiger partial charge in [0.1, 0.15) is 12.3 Å². The van der Waals surface area contributed by atoms with E-state index in [0.29, 0.717) is 5.75 Å². The third kappa shape index (κ3) is 6.48. The van der Waals surface area contributed by atoms with E-state index in [4.69, 9.17) is 4.74 Å². The molecule has 21 heavy (non-hydrogen) atoms. The van der Waals surface area contributed by atoms with Crippen molar-refractivity contribution in [3.8, 4) is 5.75 Å². The number of nitrogens with one attached hydrogen (secondary N) is 2. The second-order valence-corrected chi connectivity index (χ2v) is 4.50. The first-order valence-electron chi connectivity index (χ1n) is 6.59. The average molecular weight is 304 g/mol. The minimum Gasteiger partial charge on any atom is -0.484 e. The fraction of sp³-hybridized carbons (Fsp3) is 0.500. The van der Waals surface area contributed by atoms with Crippen LogP contribution in [0.4, 0.5) is 13.2 Å². The lowest BCUT2D eigenvalue weighted by Gasteiger charge is -2.15. The Morgan fingerprint density at radius 2 is 1.90 bits per heavy atom. The van der Waals surface area contributed by atoms with Gasteiger partial charge in [0.25, 0.3) is 5.91 Å². The van der Waals surface area contributed by atoms with Crippen LogP contribution in [0.15, 0.2) is 24.3 Å². The molecule has 0 fully saturated rings. The van der Waals surface area contributed by atoms with E-state index >= 15 is 0 Å². The minimum atomic E-state index is -4.42. The van der Waals surface area contributed by atoms with E-state index in [0.717, 1.165) is 12.0 Å². The molecule has 1 aromatic rings. The van der Waals surface area contributed by atoms with Gasteiger partial charge in [-0.3, -0.25) is 4.79 Å². The topological polar surface area (TPSA) is 50.4 Å². The number of halogens is 3. The number of alkyl halides is 3. The Kier molecular flexibility index (Phi) is 6.48. The van der Waals surface area contributed by atoms with Gasteiger partial charge < -0.3 is 15.4 Å². The van der Waals surface area contributed by atoms with Crippen LogP contribution in [0.5, 0.6) is 5.75 Å². The first-order valence-corrected chi connectivity index (χ1v) is 6.59. The van der Waals surface area contributed by atoms with E-state index in [2.05, 4.69) is 12.2 Å². The Bertz CT molecular complexity index is 443. The highest BCUT2D eigenvalue weighted by atomic mass is 19.4. The molecule has 0 saturated heterocycles. The van der Waals surface area contributed by atoms with Crippen LogP contribution in [0.1, 0.15) is 24.9 Å². The van der Waals surface area contributed by atoms with Gasteiger partial charge in [-0.1, -0.05) is 19.1 Å². The Labute approximate surface area is 121 Å². The maximum Gasteiger partial charge on any atom is 0.405 e. The second-order valence-electron chi connectivity index (χ2n) is 4.50. The highest BCUT2D eigenvalue weighted by Gasteiger charge is 2.27. The Hall–Kier alpha value is -1.76. The molecule has 2 N–H and O–H groups in total. The Morgan fingerprint density at radius 1 is 1.29 bits per heavy atom. The number of rotatable bonds is 7. The van der Waals surface area contributed by atoms with Crippen LogP contribution in [-0.2, 0) is 4.79 Å². The molecule has 1 rings (SSSR count). The zero-order valence-corrected chi connectivity index (χ0v) is 12.0. The molecule has 0 aliphatic carbocycles. The van der Waals surface area contributed by atoms with Crippen molar-refractivity contribution in [1.29, 1.82) is 0 Å². The highest BCUT2D eigenvalue weighted by Crippen LogP contribution is 2.19. The maximum atomic E-state index is 11.9. The molecule has 0 radical (unpaired) electrons. The van der Waals surface area contributed by atoms with Crippen molar-refractivity contribution in [1.82, 2.24) is 10.6 Å². The van der Waals surface area contributed by atoms with Gasteiger partial charge in [0.2, 0.25) is 0 Å². The zero-order valence-electron chi connectivity index (χ0n) is 12.0. The van der Waals surface area contributed by atoms with E-state index in [1.807, 2.05) is 19.2 Å². The van der Waals surface area contributed by atoms with E-state index in [1.54, 1.807) is 17.4 Å². The van der Waals surface area contributed by atoms with Gasteiger partial charge in [0.05, 0.1) is 0 Å². The summed E-state index contributed by atoms with van der Waals surface area (Å²) < 4.78 is 40.9. The number of ether oxygens (including phenoxy) is 1. The number of amides is 1. The standard InChI is InChI=1S/C14H19F3N2O2/c1-3-12(18-2)10-4-6-11(7-5-10)21-8-13(20)19-9-14(15,16)17/h4-7,12,18H,3,8-9H2,1-2H3,(H,19,20). The van der Waals surface area contributed by atoms with Crippen LogP contribution >= 0.6 is 0 Å². The van der Waals surface area contributed by atoms with Crippen molar-refractivity contribution in [2.45, 2.75) is 25.6 Å².